The maximum Gasteiger partial charge on any atom is 0.410 e. The van der Waals surface area contributed by atoms with Crippen LogP contribution in [0.5, 0.6) is 0 Å². The lowest BCUT2D eigenvalue weighted by Gasteiger charge is -2.27. The normalized spacial score (nSPS) is 16.0. The van der Waals surface area contributed by atoms with E-state index < -0.39 is 5.60 Å². The smallest absolute Gasteiger partial charge is 0.410 e. The van der Waals surface area contributed by atoms with Crippen LogP contribution in [0.2, 0.25) is 0 Å². The molecule has 1 fully saturated rings. The maximum absolute atomic E-state index is 12.3. The van der Waals surface area contributed by atoms with Crippen molar-refractivity contribution in [2.75, 3.05) is 31.1 Å². The molecule has 0 radical (unpaired) electrons. The zero-order valence-corrected chi connectivity index (χ0v) is 16.4. The van der Waals surface area contributed by atoms with Crippen LogP contribution in [0.1, 0.15) is 27.2 Å². The molecular formula is C18H23BrN4O2. The topological polar surface area (TPSA) is 58.6 Å². The lowest BCUT2D eigenvalue weighted by molar-refractivity contribution is 0.0263. The van der Waals surface area contributed by atoms with Crippen LogP contribution in [-0.2, 0) is 4.74 Å². The molecule has 0 saturated carbocycles. The van der Waals surface area contributed by atoms with Crippen LogP contribution in [0.25, 0.3) is 11.0 Å². The lowest BCUT2D eigenvalue weighted by atomic mass is 10.2. The summed E-state index contributed by atoms with van der Waals surface area (Å²) in [5.74, 6) is 0. The van der Waals surface area contributed by atoms with E-state index in [0.717, 1.165) is 40.7 Å². The first-order valence-electron chi connectivity index (χ1n) is 8.47. The van der Waals surface area contributed by atoms with E-state index in [2.05, 4.69) is 30.8 Å². The fraction of sp³-hybridized carbons (Fsp3) is 0.500. The molecule has 0 bridgehead atoms. The number of anilines is 1. The third kappa shape index (κ3) is 4.39. The van der Waals surface area contributed by atoms with Crippen LogP contribution < -0.4 is 4.90 Å². The number of carbonyl (C=O) groups is 1. The first-order chi connectivity index (χ1) is 11.8. The minimum Gasteiger partial charge on any atom is -0.444 e. The second-order valence-corrected chi connectivity index (χ2v) is 8.08. The Morgan fingerprint density at radius 1 is 1.20 bits per heavy atom. The molecule has 6 nitrogen and oxygen atoms in total. The molecule has 7 heteroatoms. The highest BCUT2D eigenvalue weighted by molar-refractivity contribution is 9.10. The van der Waals surface area contributed by atoms with Crippen LogP contribution in [0.4, 0.5) is 10.5 Å². The van der Waals surface area contributed by atoms with Gasteiger partial charge in [-0.2, -0.15) is 0 Å². The Kier molecular flexibility index (Phi) is 5.13. The fourth-order valence-corrected chi connectivity index (χ4v) is 3.23. The quantitative estimate of drug-likeness (QED) is 0.719. The summed E-state index contributed by atoms with van der Waals surface area (Å²) in [6.45, 7) is 8.63. The van der Waals surface area contributed by atoms with Crippen molar-refractivity contribution in [3.63, 3.8) is 0 Å². The van der Waals surface area contributed by atoms with Gasteiger partial charge in [-0.1, -0.05) is 0 Å². The number of amides is 1. The van der Waals surface area contributed by atoms with Crippen molar-refractivity contribution < 1.29 is 9.53 Å². The fourth-order valence-electron chi connectivity index (χ4n) is 2.91. The third-order valence-corrected chi connectivity index (χ3v) is 4.44. The SMILES string of the molecule is CC(C)(C)OC(=O)N1CCCN(c2ccnc3cc(Br)cnc23)CC1. The molecule has 134 valence electrons. The highest BCUT2D eigenvalue weighted by atomic mass is 79.9. The Morgan fingerprint density at radius 3 is 2.76 bits per heavy atom. The van der Waals surface area contributed by atoms with Crippen molar-refractivity contribution in [2.24, 2.45) is 0 Å². The number of hydrogen-bond acceptors (Lipinski definition) is 5. The molecule has 2 aromatic rings. The van der Waals surface area contributed by atoms with Crippen molar-refractivity contribution in [1.82, 2.24) is 14.9 Å². The Morgan fingerprint density at radius 2 is 2.00 bits per heavy atom. The number of fused-ring (bicyclic) bond motifs is 1. The highest BCUT2D eigenvalue weighted by Crippen LogP contribution is 2.26. The summed E-state index contributed by atoms with van der Waals surface area (Å²) in [6, 6.07) is 3.96. The summed E-state index contributed by atoms with van der Waals surface area (Å²) >= 11 is 3.44. The average molecular weight is 407 g/mol. The molecule has 3 heterocycles. The Labute approximate surface area is 156 Å². The number of halogens is 1. The molecule has 0 atom stereocenters. The van der Waals surface area contributed by atoms with Gasteiger partial charge in [-0.15, -0.1) is 0 Å². The van der Waals surface area contributed by atoms with E-state index in [9.17, 15) is 4.79 Å². The monoisotopic (exact) mass is 406 g/mol. The molecular weight excluding hydrogens is 384 g/mol. The van der Waals surface area contributed by atoms with Gasteiger partial charge in [0.15, 0.2) is 0 Å². The Hall–Kier alpha value is -1.89. The van der Waals surface area contributed by atoms with Gasteiger partial charge in [-0.05, 0) is 55.3 Å². The minimum absolute atomic E-state index is 0.240. The zero-order valence-electron chi connectivity index (χ0n) is 14.8. The summed E-state index contributed by atoms with van der Waals surface area (Å²) in [6.07, 6.45) is 4.25. The lowest BCUT2D eigenvalue weighted by Crippen LogP contribution is -2.39. The van der Waals surface area contributed by atoms with Crippen LogP contribution in [0.15, 0.2) is 29.0 Å². The van der Waals surface area contributed by atoms with Gasteiger partial charge in [-0.25, -0.2) is 4.79 Å². The average Bonchev–Trinajstić information content (AvgIpc) is 2.78. The second-order valence-electron chi connectivity index (χ2n) is 7.16. The van der Waals surface area contributed by atoms with Crippen molar-refractivity contribution in [3.8, 4) is 0 Å². The molecule has 1 saturated heterocycles. The predicted molar refractivity (Wildman–Crippen MR) is 102 cm³/mol. The number of nitrogens with zero attached hydrogens (tertiary/aromatic N) is 4. The molecule has 0 aliphatic carbocycles. The van der Waals surface area contributed by atoms with Gasteiger partial charge in [0.2, 0.25) is 0 Å². The first kappa shape index (κ1) is 17.9. The Bertz CT molecular complexity index is 775. The van der Waals surface area contributed by atoms with E-state index in [-0.39, 0.29) is 6.09 Å². The van der Waals surface area contributed by atoms with Gasteiger partial charge in [0, 0.05) is 43.0 Å². The molecule has 1 aliphatic heterocycles. The van der Waals surface area contributed by atoms with Gasteiger partial charge in [0.25, 0.3) is 0 Å². The minimum atomic E-state index is -0.471. The number of pyridine rings is 2. The van der Waals surface area contributed by atoms with Crippen molar-refractivity contribution in [3.05, 3.63) is 29.0 Å². The summed E-state index contributed by atoms with van der Waals surface area (Å²) in [7, 11) is 0. The molecule has 2 aromatic heterocycles. The van der Waals surface area contributed by atoms with E-state index in [0.29, 0.717) is 13.1 Å². The van der Waals surface area contributed by atoms with Gasteiger partial charge >= 0.3 is 6.09 Å². The summed E-state index contributed by atoms with van der Waals surface area (Å²) in [5, 5.41) is 0. The third-order valence-electron chi connectivity index (χ3n) is 4.01. The maximum atomic E-state index is 12.3. The molecule has 1 aliphatic rings. The number of aromatic nitrogens is 2. The van der Waals surface area contributed by atoms with Gasteiger partial charge in [-0.3, -0.25) is 9.97 Å². The molecule has 0 spiro atoms. The van der Waals surface area contributed by atoms with Crippen LogP contribution in [0.3, 0.4) is 0 Å². The van der Waals surface area contributed by atoms with E-state index >= 15 is 0 Å². The van der Waals surface area contributed by atoms with E-state index in [1.165, 1.54) is 0 Å². The number of rotatable bonds is 1. The Balaban J connectivity index is 1.77. The van der Waals surface area contributed by atoms with E-state index in [1.54, 1.807) is 11.1 Å². The highest BCUT2D eigenvalue weighted by Gasteiger charge is 2.25. The van der Waals surface area contributed by atoms with Crippen molar-refractivity contribution in [2.45, 2.75) is 32.8 Å². The standard InChI is InChI=1S/C18H23BrN4O2/c1-18(2,3)25-17(24)23-8-4-7-22(9-10-23)15-5-6-20-14-11-13(19)12-21-16(14)15/h5-6,11-12H,4,7-10H2,1-3H3. The van der Waals surface area contributed by atoms with Crippen molar-refractivity contribution >= 4 is 38.7 Å². The van der Waals surface area contributed by atoms with Crippen LogP contribution >= 0.6 is 15.9 Å². The zero-order chi connectivity index (χ0) is 18.0. The molecule has 0 unspecified atom stereocenters. The molecule has 3 rings (SSSR count). The van der Waals surface area contributed by atoms with Crippen molar-refractivity contribution in [1.29, 1.82) is 0 Å². The van der Waals surface area contributed by atoms with Gasteiger partial charge in [0.05, 0.1) is 11.2 Å². The molecule has 0 N–H and O–H groups in total. The second kappa shape index (κ2) is 7.15. The largest absolute Gasteiger partial charge is 0.444 e. The van der Waals surface area contributed by atoms with Crippen LogP contribution in [-0.4, -0.2) is 52.7 Å². The number of carbonyl (C=O) groups excluding carboxylic acids is 1. The molecule has 1 amide bonds. The summed E-state index contributed by atoms with van der Waals surface area (Å²) in [5.41, 5.74) is 2.34. The summed E-state index contributed by atoms with van der Waals surface area (Å²) in [4.78, 5) is 25.3. The van der Waals surface area contributed by atoms with Gasteiger partial charge in [0.1, 0.15) is 11.1 Å². The van der Waals surface area contributed by atoms with Crippen LogP contribution in [0, 0.1) is 0 Å². The summed E-state index contributed by atoms with van der Waals surface area (Å²) < 4.78 is 6.41. The van der Waals surface area contributed by atoms with Gasteiger partial charge < -0.3 is 14.5 Å². The first-order valence-corrected chi connectivity index (χ1v) is 9.26. The number of hydrogen-bond donors (Lipinski definition) is 0. The molecule has 25 heavy (non-hydrogen) atoms. The van der Waals surface area contributed by atoms with E-state index in [4.69, 9.17) is 4.74 Å². The predicted octanol–water partition coefficient (Wildman–Crippen LogP) is 3.84. The number of ether oxygens (including phenoxy) is 1. The molecule has 0 aromatic carbocycles. The van der Waals surface area contributed by atoms with E-state index in [1.807, 2.05) is 39.1 Å².